The maximum atomic E-state index is 11.8. The van der Waals surface area contributed by atoms with Crippen LogP contribution in [0.3, 0.4) is 0 Å². The van der Waals surface area contributed by atoms with E-state index in [4.69, 9.17) is 0 Å². The van der Waals surface area contributed by atoms with Crippen molar-refractivity contribution in [3.05, 3.63) is 12.3 Å². The first-order chi connectivity index (χ1) is 9.24. The molecule has 2 saturated heterocycles. The molecule has 102 valence electrons. The number of anilines is 2. The van der Waals surface area contributed by atoms with Crippen LogP contribution in [0.4, 0.5) is 11.8 Å². The zero-order valence-electron chi connectivity index (χ0n) is 11.2. The maximum Gasteiger partial charge on any atom is 0.228 e. The van der Waals surface area contributed by atoms with Gasteiger partial charge in [0.05, 0.1) is 0 Å². The van der Waals surface area contributed by atoms with Crippen LogP contribution < -0.4 is 9.80 Å². The Bertz CT molecular complexity index is 470. The number of likely N-dealkylation sites (N-methyl/N-ethyl adjacent to an activating group) is 1. The molecule has 0 spiro atoms. The fourth-order valence-corrected chi connectivity index (χ4v) is 2.54. The van der Waals surface area contributed by atoms with Crippen molar-refractivity contribution >= 4 is 17.7 Å². The molecule has 2 aliphatic rings. The standard InChI is InChI=1S/C13H19N5O/c1-16-7-9-17(10-8-16)13-14-5-4-11(15-13)18-6-2-3-12(18)19/h4-5H,2-3,6-10H2,1H3. The zero-order valence-corrected chi connectivity index (χ0v) is 11.2. The van der Waals surface area contributed by atoms with Crippen LogP contribution in [0.15, 0.2) is 12.3 Å². The van der Waals surface area contributed by atoms with Crippen LogP contribution in [-0.2, 0) is 4.79 Å². The third-order valence-corrected chi connectivity index (χ3v) is 3.76. The fourth-order valence-electron chi connectivity index (χ4n) is 2.54. The number of amides is 1. The van der Waals surface area contributed by atoms with Crippen LogP contribution in [0.2, 0.25) is 0 Å². The minimum Gasteiger partial charge on any atom is -0.338 e. The first kappa shape index (κ1) is 12.3. The highest BCUT2D eigenvalue weighted by Gasteiger charge is 2.24. The van der Waals surface area contributed by atoms with E-state index in [1.165, 1.54) is 0 Å². The first-order valence-electron chi connectivity index (χ1n) is 6.81. The van der Waals surface area contributed by atoms with E-state index in [0.29, 0.717) is 6.42 Å². The molecule has 0 unspecified atom stereocenters. The van der Waals surface area contributed by atoms with Crippen molar-refractivity contribution in [3.63, 3.8) is 0 Å². The number of carbonyl (C=O) groups is 1. The highest BCUT2D eigenvalue weighted by atomic mass is 16.2. The quantitative estimate of drug-likeness (QED) is 0.769. The molecule has 6 nitrogen and oxygen atoms in total. The van der Waals surface area contributed by atoms with Gasteiger partial charge in [0.15, 0.2) is 0 Å². The summed E-state index contributed by atoms with van der Waals surface area (Å²) in [7, 11) is 2.12. The van der Waals surface area contributed by atoms with Gasteiger partial charge in [0.1, 0.15) is 5.82 Å². The van der Waals surface area contributed by atoms with Crippen LogP contribution in [0.1, 0.15) is 12.8 Å². The number of hydrogen-bond donors (Lipinski definition) is 0. The smallest absolute Gasteiger partial charge is 0.228 e. The SMILES string of the molecule is CN1CCN(c2nccc(N3CCCC3=O)n2)CC1. The Morgan fingerprint density at radius 1 is 1.16 bits per heavy atom. The molecule has 1 aromatic rings. The minimum absolute atomic E-state index is 0.169. The molecule has 0 aliphatic carbocycles. The molecule has 0 aromatic carbocycles. The molecule has 3 rings (SSSR count). The lowest BCUT2D eigenvalue weighted by Crippen LogP contribution is -2.45. The molecular weight excluding hydrogens is 242 g/mol. The van der Waals surface area contributed by atoms with Gasteiger partial charge in [-0.15, -0.1) is 0 Å². The summed E-state index contributed by atoms with van der Waals surface area (Å²) in [5, 5.41) is 0. The number of hydrogen-bond acceptors (Lipinski definition) is 5. The number of carbonyl (C=O) groups excluding carboxylic acids is 1. The highest BCUT2D eigenvalue weighted by Crippen LogP contribution is 2.21. The van der Waals surface area contributed by atoms with E-state index in [0.717, 1.165) is 50.9 Å². The molecular formula is C13H19N5O. The van der Waals surface area contributed by atoms with Crippen LogP contribution in [-0.4, -0.2) is 60.5 Å². The lowest BCUT2D eigenvalue weighted by atomic mass is 10.3. The van der Waals surface area contributed by atoms with Crippen LogP contribution >= 0.6 is 0 Å². The number of piperazine rings is 1. The fraction of sp³-hybridized carbons (Fsp3) is 0.615. The molecule has 0 saturated carbocycles. The van der Waals surface area contributed by atoms with Gasteiger partial charge in [-0.1, -0.05) is 0 Å². The van der Waals surface area contributed by atoms with Gasteiger partial charge in [-0.25, -0.2) is 4.98 Å². The lowest BCUT2D eigenvalue weighted by molar-refractivity contribution is -0.117. The normalized spacial score (nSPS) is 21.2. The summed E-state index contributed by atoms with van der Waals surface area (Å²) in [5.74, 6) is 1.65. The highest BCUT2D eigenvalue weighted by molar-refractivity contribution is 5.94. The summed E-state index contributed by atoms with van der Waals surface area (Å²) in [6.45, 7) is 4.70. The van der Waals surface area contributed by atoms with E-state index in [-0.39, 0.29) is 5.91 Å². The van der Waals surface area contributed by atoms with Gasteiger partial charge in [0.25, 0.3) is 0 Å². The van der Waals surface area contributed by atoms with Gasteiger partial charge < -0.3 is 9.80 Å². The largest absolute Gasteiger partial charge is 0.338 e. The molecule has 0 N–H and O–H groups in total. The maximum absolute atomic E-state index is 11.8. The Hall–Kier alpha value is -1.69. The topological polar surface area (TPSA) is 52.6 Å². The minimum atomic E-state index is 0.169. The molecule has 0 atom stereocenters. The zero-order chi connectivity index (χ0) is 13.2. The Morgan fingerprint density at radius 3 is 2.63 bits per heavy atom. The third kappa shape index (κ3) is 2.53. The molecule has 1 amide bonds. The Labute approximate surface area is 113 Å². The number of nitrogens with zero attached hydrogens (tertiary/aromatic N) is 5. The van der Waals surface area contributed by atoms with Crippen molar-refractivity contribution in [2.75, 3.05) is 49.6 Å². The summed E-state index contributed by atoms with van der Waals surface area (Å²) >= 11 is 0. The predicted octanol–water partition coefficient (Wildman–Crippen LogP) is 0.355. The van der Waals surface area contributed by atoms with Crippen molar-refractivity contribution < 1.29 is 4.79 Å². The van der Waals surface area contributed by atoms with E-state index in [1.54, 1.807) is 11.1 Å². The van der Waals surface area contributed by atoms with Gasteiger partial charge in [-0.2, -0.15) is 4.98 Å². The first-order valence-corrected chi connectivity index (χ1v) is 6.81. The van der Waals surface area contributed by atoms with Crippen molar-refractivity contribution in [1.29, 1.82) is 0 Å². The Balaban J connectivity index is 1.78. The lowest BCUT2D eigenvalue weighted by Gasteiger charge is -2.32. The summed E-state index contributed by atoms with van der Waals surface area (Å²) in [5.41, 5.74) is 0. The summed E-state index contributed by atoms with van der Waals surface area (Å²) < 4.78 is 0. The molecule has 2 aliphatic heterocycles. The van der Waals surface area contributed by atoms with Crippen LogP contribution in [0, 0.1) is 0 Å². The van der Waals surface area contributed by atoms with Gasteiger partial charge in [0, 0.05) is 45.3 Å². The van der Waals surface area contributed by atoms with Gasteiger partial charge >= 0.3 is 0 Å². The molecule has 2 fully saturated rings. The third-order valence-electron chi connectivity index (χ3n) is 3.76. The molecule has 1 aromatic heterocycles. The van der Waals surface area contributed by atoms with Gasteiger partial charge in [-0.05, 0) is 19.5 Å². The number of aromatic nitrogens is 2. The second-order valence-electron chi connectivity index (χ2n) is 5.15. The average Bonchev–Trinajstić information content (AvgIpc) is 2.86. The molecule has 19 heavy (non-hydrogen) atoms. The van der Waals surface area contributed by atoms with Crippen molar-refractivity contribution in [3.8, 4) is 0 Å². The molecule has 0 bridgehead atoms. The second kappa shape index (κ2) is 5.13. The Morgan fingerprint density at radius 2 is 1.95 bits per heavy atom. The van der Waals surface area contributed by atoms with Crippen molar-refractivity contribution in [1.82, 2.24) is 14.9 Å². The van der Waals surface area contributed by atoms with E-state index >= 15 is 0 Å². The van der Waals surface area contributed by atoms with E-state index in [2.05, 4.69) is 26.8 Å². The van der Waals surface area contributed by atoms with E-state index < -0.39 is 0 Å². The monoisotopic (exact) mass is 261 g/mol. The summed E-state index contributed by atoms with van der Waals surface area (Å²) in [6, 6.07) is 1.82. The average molecular weight is 261 g/mol. The molecule has 0 radical (unpaired) electrons. The van der Waals surface area contributed by atoms with Crippen molar-refractivity contribution in [2.24, 2.45) is 0 Å². The summed E-state index contributed by atoms with van der Waals surface area (Å²) in [6.07, 6.45) is 3.31. The van der Waals surface area contributed by atoms with Gasteiger partial charge in [-0.3, -0.25) is 9.69 Å². The molecule has 6 heteroatoms. The molecule has 3 heterocycles. The second-order valence-corrected chi connectivity index (χ2v) is 5.15. The van der Waals surface area contributed by atoms with Crippen LogP contribution in [0.5, 0.6) is 0 Å². The predicted molar refractivity (Wildman–Crippen MR) is 73.3 cm³/mol. The van der Waals surface area contributed by atoms with Crippen molar-refractivity contribution in [2.45, 2.75) is 12.8 Å². The van der Waals surface area contributed by atoms with E-state index in [9.17, 15) is 4.79 Å². The summed E-state index contributed by atoms with van der Waals surface area (Å²) in [4.78, 5) is 26.9. The van der Waals surface area contributed by atoms with Crippen LogP contribution in [0.25, 0.3) is 0 Å². The van der Waals surface area contributed by atoms with Gasteiger partial charge in [0.2, 0.25) is 11.9 Å². The number of rotatable bonds is 2. The Kier molecular flexibility index (Phi) is 3.33. The van der Waals surface area contributed by atoms with E-state index in [1.807, 2.05) is 6.07 Å².